The molecule has 0 bridgehead atoms. The molecule has 0 aliphatic carbocycles. The van der Waals surface area contributed by atoms with E-state index in [1.165, 1.54) is 0 Å². The fraction of sp³-hybridized carbons (Fsp3) is 0.462. The lowest BCUT2D eigenvalue weighted by atomic mass is 9.97. The summed E-state index contributed by atoms with van der Waals surface area (Å²) in [5.74, 6) is 1.51. The van der Waals surface area contributed by atoms with E-state index in [0.29, 0.717) is 18.8 Å². The normalized spacial score (nSPS) is 12.0. The van der Waals surface area contributed by atoms with Gasteiger partial charge in [-0.1, -0.05) is 22.9 Å². The first-order valence-corrected chi connectivity index (χ1v) is 6.37. The van der Waals surface area contributed by atoms with Gasteiger partial charge in [-0.25, -0.2) is 0 Å². The van der Waals surface area contributed by atoms with E-state index in [2.05, 4.69) is 15.9 Å². The van der Waals surface area contributed by atoms with Crippen LogP contribution in [-0.2, 0) is 4.79 Å². The van der Waals surface area contributed by atoms with Crippen molar-refractivity contribution in [3.05, 3.63) is 22.2 Å². The van der Waals surface area contributed by atoms with Crippen molar-refractivity contribution in [2.75, 3.05) is 13.7 Å². The molecule has 0 radical (unpaired) electrons. The van der Waals surface area contributed by atoms with Crippen LogP contribution in [0.1, 0.15) is 31.7 Å². The van der Waals surface area contributed by atoms with Gasteiger partial charge in [-0.2, -0.15) is 0 Å². The number of carbonyl (C=O) groups is 1. The summed E-state index contributed by atoms with van der Waals surface area (Å²) in [5, 5.41) is 0. The number of hydrogen-bond acceptors (Lipinski definition) is 3. The van der Waals surface area contributed by atoms with Crippen LogP contribution in [-0.4, -0.2) is 20.0 Å². The molecule has 4 heteroatoms. The van der Waals surface area contributed by atoms with Gasteiger partial charge in [0.2, 0.25) is 0 Å². The summed E-state index contributed by atoms with van der Waals surface area (Å²) < 4.78 is 11.9. The Hall–Kier alpha value is -1.03. The average Bonchev–Trinajstić information content (AvgIpc) is 2.30. The van der Waals surface area contributed by atoms with Crippen molar-refractivity contribution in [3.63, 3.8) is 0 Å². The Labute approximate surface area is 110 Å². The van der Waals surface area contributed by atoms with Crippen LogP contribution in [0, 0.1) is 0 Å². The molecule has 1 unspecified atom stereocenters. The van der Waals surface area contributed by atoms with E-state index >= 15 is 0 Å². The molecule has 0 saturated heterocycles. The van der Waals surface area contributed by atoms with Crippen LogP contribution in [0.15, 0.2) is 16.6 Å². The van der Waals surface area contributed by atoms with Crippen molar-refractivity contribution < 1.29 is 14.3 Å². The van der Waals surface area contributed by atoms with Gasteiger partial charge < -0.3 is 14.3 Å². The maximum atomic E-state index is 10.6. The molecule has 0 saturated carbocycles. The number of carbonyl (C=O) groups excluding carboxylic acids is 1. The predicted octanol–water partition coefficient (Wildman–Crippen LogP) is 3.55. The van der Waals surface area contributed by atoms with Gasteiger partial charge in [0.15, 0.2) is 11.5 Å². The second-order valence-electron chi connectivity index (χ2n) is 3.73. The van der Waals surface area contributed by atoms with Crippen LogP contribution in [0.5, 0.6) is 11.5 Å². The molecule has 0 fully saturated rings. The molecular formula is C13H17BrO3. The lowest BCUT2D eigenvalue weighted by molar-refractivity contribution is -0.108. The average molecular weight is 301 g/mol. The number of hydrogen-bond donors (Lipinski definition) is 0. The topological polar surface area (TPSA) is 35.5 Å². The number of rotatable bonds is 6. The summed E-state index contributed by atoms with van der Waals surface area (Å²) in [6, 6.07) is 3.77. The smallest absolute Gasteiger partial charge is 0.165 e. The molecule has 0 aromatic heterocycles. The van der Waals surface area contributed by atoms with E-state index in [9.17, 15) is 4.79 Å². The largest absolute Gasteiger partial charge is 0.493 e. The molecule has 1 atom stereocenters. The number of aldehydes is 1. The highest BCUT2D eigenvalue weighted by atomic mass is 79.9. The Morgan fingerprint density at radius 3 is 2.71 bits per heavy atom. The van der Waals surface area contributed by atoms with Gasteiger partial charge in [0, 0.05) is 16.5 Å². The maximum absolute atomic E-state index is 10.6. The number of ether oxygens (including phenoxy) is 2. The summed E-state index contributed by atoms with van der Waals surface area (Å²) in [7, 11) is 1.61. The van der Waals surface area contributed by atoms with E-state index in [0.717, 1.165) is 22.1 Å². The molecule has 1 aromatic rings. The highest BCUT2D eigenvalue weighted by molar-refractivity contribution is 9.10. The highest BCUT2D eigenvalue weighted by Gasteiger charge is 2.19. The fourth-order valence-electron chi connectivity index (χ4n) is 1.73. The Morgan fingerprint density at radius 1 is 1.47 bits per heavy atom. The van der Waals surface area contributed by atoms with Gasteiger partial charge in [-0.05, 0) is 25.0 Å². The second-order valence-corrected chi connectivity index (χ2v) is 4.58. The lowest BCUT2D eigenvalue weighted by Crippen LogP contribution is -2.04. The fourth-order valence-corrected chi connectivity index (χ4v) is 2.43. The van der Waals surface area contributed by atoms with E-state index in [4.69, 9.17) is 9.47 Å². The minimum absolute atomic E-state index is 0.0959. The van der Waals surface area contributed by atoms with Gasteiger partial charge in [0.1, 0.15) is 6.29 Å². The minimum atomic E-state index is 0.0959. The molecule has 17 heavy (non-hydrogen) atoms. The SMILES string of the molecule is CCOc1c(OC)ccc(Br)c1C(C)CC=O. The second kappa shape index (κ2) is 6.64. The first-order chi connectivity index (χ1) is 8.15. The molecular weight excluding hydrogens is 284 g/mol. The Bertz CT molecular complexity index is 390. The van der Waals surface area contributed by atoms with E-state index in [-0.39, 0.29) is 5.92 Å². The highest BCUT2D eigenvalue weighted by Crippen LogP contribution is 2.41. The zero-order valence-corrected chi connectivity index (χ0v) is 11.9. The summed E-state index contributed by atoms with van der Waals surface area (Å²) in [6.07, 6.45) is 1.39. The Kier molecular flexibility index (Phi) is 5.48. The van der Waals surface area contributed by atoms with Crippen LogP contribution in [0.3, 0.4) is 0 Å². The monoisotopic (exact) mass is 300 g/mol. The predicted molar refractivity (Wildman–Crippen MR) is 71.0 cm³/mol. The summed E-state index contributed by atoms with van der Waals surface area (Å²) in [6.45, 7) is 4.48. The van der Waals surface area contributed by atoms with Gasteiger partial charge in [-0.3, -0.25) is 0 Å². The lowest BCUT2D eigenvalue weighted by Gasteiger charge is -2.19. The minimum Gasteiger partial charge on any atom is -0.493 e. The molecule has 0 amide bonds. The summed E-state index contributed by atoms with van der Waals surface area (Å²) in [4.78, 5) is 10.6. The van der Waals surface area contributed by atoms with Crippen LogP contribution in [0.4, 0.5) is 0 Å². The van der Waals surface area contributed by atoms with Crippen LogP contribution < -0.4 is 9.47 Å². The van der Waals surface area contributed by atoms with Crippen LogP contribution in [0.25, 0.3) is 0 Å². The third-order valence-corrected chi connectivity index (χ3v) is 3.25. The van der Waals surface area contributed by atoms with Gasteiger partial charge in [-0.15, -0.1) is 0 Å². The van der Waals surface area contributed by atoms with E-state index in [1.807, 2.05) is 26.0 Å². The molecule has 0 spiro atoms. The maximum Gasteiger partial charge on any atom is 0.165 e. The Morgan fingerprint density at radius 2 is 2.18 bits per heavy atom. The van der Waals surface area contributed by atoms with Crippen molar-refractivity contribution in [2.45, 2.75) is 26.2 Å². The summed E-state index contributed by atoms with van der Waals surface area (Å²) in [5.41, 5.74) is 0.985. The van der Waals surface area contributed by atoms with Crippen molar-refractivity contribution >= 4 is 22.2 Å². The first kappa shape index (κ1) is 14.0. The van der Waals surface area contributed by atoms with E-state index in [1.54, 1.807) is 7.11 Å². The van der Waals surface area contributed by atoms with E-state index < -0.39 is 0 Å². The number of benzene rings is 1. The van der Waals surface area contributed by atoms with Gasteiger partial charge >= 0.3 is 0 Å². The first-order valence-electron chi connectivity index (χ1n) is 5.58. The molecule has 3 nitrogen and oxygen atoms in total. The molecule has 0 N–H and O–H groups in total. The van der Waals surface area contributed by atoms with Crippen molar-refractivity contribution in [1.29, 1.82) is 0 Å². The van der Waals surface area contributed by atoms with Gasteiger partial charge in [0.05, 0.1) is 13.7 Å². The molecule has 1 aromatic carbocycles. The number of methoxy groups -OCH3 is 1. The molecule has 1 rings (SSSR count). The zero-order valence-electron chi connectivity index (χ0n) is 10.3. The molecule has 0 aliphatic heterocycles. The number of halogens is 1. The van der Waals surface area contributed by atoms with Gasteiger partial charge in [0.25, 0.3) is 0 Å². The van der Waals surface area contributed by atoms with Crippen molar-refractivity contribution in [2.24, 2.45) is 0 Å². The molecule has 0 heterocycles. The molecule has 0 aliphatic rings. The quantitative estimate of drug-likeness (QED) is 0.754. The summed E-state index contributed by atoms with van der Waals surface area (Å²) >= 11 is 3.50. The third-order valence-electron chi connectivity index (χ3n) is 2.56. The third kappa shape index (κ3) is 3.22. The zero-order chi connectivity index (χ0) is 12.8. The standard InChI is InChI=1S/C13H17BrO3/c1-4-17-13-11(16-3)6-5-10(14)12(13)9(2)7-8-15/h5-6,8-9H,4,7H2,1-3H3. The van der Waals surface area contributed by atoms with Crippen LogP contribution in [0.2, 0.25) is 0 Å². The van der Waals surface area contributed by atoms with Crippen molar-refractivity contribution in [3.8, 4) is 11.5 Å². The van der Waals surface area contributed by atoms with Crippen molar-refractivity contribution in [1.82, 2.24) is 0 Å². The van der Waals surface area contributed by atoms with Crippen LogP contribution >= 0.6 is 15.9 Å². The Balaban J connectivity index is 3.26. The molecule has 94 valence electrons.